The van der Waals surface area contributed by atoms with Crippen LogP contribution < -0.4 is 10.6 Å². The highest BCUT2D eigenvalue weighted by Crippen LogP contribution is 2.12. The average Bonchev–Trinajstić information content (AvgIpc) is 3.00. The molecule has 1 unspecified atom stereocenters. The average molecular weight is 469 g/mol. The minimum absolute atomic E-state index is 0. The number of nitrogens with zero attached hydrogens (tertiary/aromatic N) is 3. The van der Waals surface area contributed by atoms with Crippen molar-refractivity contribution in [1.82, 2.24) is 14.8 Å². The summed E-state index contributed by atoms with van der Waals surface area (Å²) in [5.41, 5.74) is 2.41. The largest absolute Gasteiger partial charge is 0.380 e. The lowest BCUT2D eigenvalue weighted by atomic mass is 10.0. The molecule has 2 rings (SSSR count). The summed E-state index contributed by atoms with van der Waals surface area (Å²) >= 11 is 0. The number of guanidine groups is 1. The lowest BCUT2D eigenvalue weighted by Crippen LogP contribution is -2.45. The topological polar surface area (TPSA) is 44.6 Å². The number of halogens is 1. The van der Waals surface area contributed by atoms with Gasteiger partial charge in [0, 0.05) is 51.3 Å². The van der Waals surface area contributed by atoms with E-state index in [1.54, 1.807) is 0 Å². The van der Waals surface area contributed by atoms with E-state index in [9.17, 15) is 0 Å². The Morgan fingerprint density at radius 3 is 2.38 bits per heavy atom. The highest BCUT2D eigenvalue weighted by atomic mass is 127. The molecule has 5 nitrogen and oxygen atoms in total. The minimum Gasteiger partial charge on any atom is -0.380 e. The fourth-order valence-corrected chi connectivity index (χ4v) is 2.77. The van der Waals surface area contributed by atoms with E-state index in [4.69, 9.17) is 0 Å². The van der Waals surface area contributed by atoms with Gasteiger partial charge in [0.2, 0.25) is 0 Å². The van der Waals surface area contributed by atoms with Crippen LogP contribution in [0.4, 0.5) is 5.69 Å². The van der Waals surface area contributed by atoms with E-state index in [0.29, 0.717) is 12.0 Å². The van der Waals surface area contributed by atoms with Crippen LogP contribution in [0.25, 0.3) is 0 Å². The van der Waals surface area contributed by atoms with E-state index < -0.39 is 0 Å². The third-order valence-electron chi connectivity index (χ3n) is 4.43. The van der Waals surface area contributed by atoms with Crippen molar-refractivity contribution < 1.29 is 0 Å². The summed E-state index contributed by atoms with van der Waals surface area (Å²) in [6.07, 6.45) is 2.07. The molecule has 1 aromatic heterocycles. The van der Waals surface area contributed by atoms with Crippen LogP contribution in [-0.4, -0.2) is 42.1 Å². The summed E-state index contributed by atoms with van der Waals surface area (Å²) in [7, 11) is 5.97. The quantitative estimate of drug-likeness (QED) is 0.369. The van der Waals surface area contributed by atoms with Gasteiger partial charge in [0.1, 0.15) is 0 Å². The molecule has 0 aliphatic carbocycles. The fourth-order valence-electron chi connectivity index (χ4n) is 2.77. The zero-order valence-electron chi connectivity index (χ0n) is 16.4. The van der Waals surface area contributed by atoms with Crippen LogP contribution in [0.3, 0.4) is 0 Å². The lowest BCUT2D eigenvalue weighted by molar-refractivity contribution is 0.447. The Balaban J connectivity index is 0.00000338. The first-order valence-electron chi connectivity index (χ1n) is 8.84. The smallest absolute Gasteiger partial charge is 0.193 e. The molecule has 0 aliphatic rings. The molecule has 0 amide bonds. The Hall–Kier alpha value is -1.70. The normalized spacial score (nSPS) is 12.5. The first-order valence-corrected chi connectivity index (χ1v) is 8.84. The summed E-state index contributed by atoms with van der Waals surface area (Å²) in [6, 6.07) is 14.9. The van der Waals surface area contributed by atoms with Crippen molar-refractivity contribution in [2.24, 2.45) is 18.0 Å². The first kappa shape index (κ1) is 22.3. The van der Waals surface area contributed by atoms with Crippen molar-refractivity contribution in [3.8, 4) is 0 Å². The summed E-state index contributed by atoms with van der Waals surface area (Å²) < 4.78 is 2.14. The van der Waals surface area contributed by atoms with Crippen LogP contribution in [0, 0.1) is 5.92 Å². The number of hydrogen-bond donors (Lipinski definition) is 2. The Labute approximate surface area is 174 Å². The van der Waals surface area contributed by atoms with Crippen LogP contribution in [0.15, 0.2) is 53.7 Å². The number of aromatic nitrogens is 1. The molecule has 0 saturated carbocycles. The highest BCUT2D eigenvalue weighted by molar-refractivity contribution is 14.0. The summed E-state index contributed by atoms with van der Waals surface area (Å²) in [5.74, 6) is 1.41. The molecule has 0 saturated heterocycles. The predicted molar refractivity (Wildman–Crippen MR) is 122 cm³/mol. The molecule has 1 heterocycles. The SMILES string of the molecule is CN=C(NCC(Nc1ccccc1)C(C)C)N(C)Cc1cccn1C.I. The summed E-state index contributed by atoms with van der Waals surface area (Å²) in [4.78, 5) is 6.58. The number of nitrogens with one attached hydrogen (secondary N) is 2. The number of para-hydroxylation sites is 1. The van der Waals surface area contributed by atoms with Crippen LogP contribution in [0.1, 0.15) is 19.5 Å². The van der Waals surface area contributed by atoms with Crippen molar-refractivity contribution >= 4 is 35.6 Å². The fraction of sp³-hybridized carbons (Fsp3) is 0.450. The number of anilines is 1. The molecule has 0 fully saturated rings. The number of hydrogen-bond acceptors (Lipinski definition) is 2. The van der Waals surface area contributed by atoms with E-state index in [0.717, 1.165) is 24.7 Å². The van der Waals surface area contributed by atoms with Gasteiger partial charge in [-0.25, -0.2) is 0 Å². The third kappa shape index (κ3) is 6.55. The maximum Gasteiger partial charge on any atom is 0.193 e. The Morgan fingerprint density at radius 2 is 1.85 bits per heavy atom. The lowest BCUT2D eigenvalue weighted by Gasteiger charge is -2.28. The van der Waals surface area contributed by atoms with Crippen molar-refractivity contribution in [2.75, 3.05) is 26.0 Å². The zero-order valence-corrected chi connectivity index (χ0v) is 18.8. The van der Waals surface area contributed by atoms with E-state index >= 15 is 0 Å². The number of aryl methyl sites for hydroxylation is 1. The Kier molecular flexibility index (Phi) is 9.54. The van der Waals surface area contributed by atoms with Gasteiger partial charge in [-0.15, -0.1) is 24.0 Å². The van der Waals surface area contributed by atoms with E-state index in [2.05, 4.69) is 95.6 Å². The molecular weight excluding hydrogens is 437 g/mol. The predicted octanol–water partition coefficient (Wildman–Crippen LogP) is 3.79. The van der Waals surface area contributed by atoms with Crippen molar-refractivity contribution in [2.45, 2.75) is 26.4 Å². The van der Waals surface area contributed by atoms with Crippen molar-refractivity contribution in [1.29, 1.82) is 0 Å². The first-order chi connectivity index (χ1) is 12.0. The van der Waals surface area contributed by atoms with Crippen LogP contribution >= 0.6 is 24.0 Å². The molecule has 144 valence electrons. The van der Waals surface area contributed by atoms with Gasteiger partial charge in [0.25, 0.3) is 0 Å². The van der Waals surface area contributed by atoms with Crippen LogP contribution in [0.5, 0.6) is 0 Å². The third-order valence-corrected chi connectivity index (χ3v) is 4.43. The molecule has 26 heavy (non-hydrogen) atoms. The molecule has 1 atom stereocenters. The van der Waals surface area contributed by atoms with Gasteiger partial charge in [0.05, 0.1) is 6.54 Å². The second-order valence-electron chi connectivity index (χ2n) is 6.76. The number of benzene rings is 1. The van der Waals surface area contributed by atoms with E-state index in [1.165, 1.54) is 5.69 Å². The Morgan fingerprint density at radius 1 is 1.15 bits per heavy atom. The van der Waals surface area contributed by atoms with Gasteiger partial charge in [-0.1, -0.05) is 32.0 Å². The molecule has 0 aliphatic heterocycles. The standard InChI is InChI=1S/C20H31N5.HI/c1-16(2)19(23-17-10-7-6-8-11-17)14-22-20(21-3)25(5)15-18-12-9-13-24(18)4;/h6-13,16,19,23H,14-15H2,1-5H3,(H,21,22);1H. The van der Waals surface area contributed by atoms with Crippen LogP contribution in [-0.2, 0) is 13.6 Å². The number of rotatable bonds is 7. The monoisotopic (exact) mass is 469 g/mol. The van der Waals surface area contributed by atoms with Crippen molar-refractivity contribution in [3.63, 3.8) is 0 Å². The van der Waals surface area contributed by atoms with Gasteiger partial charge >= 0.3 is 0 Å². The van der Waals surface area contributed by atoms with Gasteiger partial charge in [0.15, 0.2) is 5.96 Å². The molecular formula is C20H32IN5. The molecule has 0 radical (unpaired) electrons. The molecule has 6 heteroatoms. The maximum atomic E-state index is 4.43. The molecule has 0 spiro atoms. The second-order valence-corrected chi connectivity index (χ2v) is 6.76. The zero-order chi connectivity index (χ0) is 18.2. The van der Waals surface area contributed by atoms with E-state index in [-0.39, 0.29) is 24.0 Å². The van der Waals surface area contributed by atoms with Gasteiger partial charge < -0.3 is 20.1 Å². The molecule has 1 aromatic carbocycles. The van der Waals surface area contributed by atoms with Gasteiger partial charge in [-0.3, -0.25) is 4.99 Å². The maximum absolute atomic E-state index is 4.43. The second kappa shape index (κ2) is 11.1. The highest BCUT2D eigenvalue weighted by Gasteiger charge is 2.15. The summed E-state index contributed by atoms with van der Waals surface area (Å²) in [6.45, 7) is 6.11. The van der Waals surface area contributed by atoms with E-state index in [1.807, 2.05) is 13.1 Å². The van der Waals surface area contributed by atoms with Crippen LogP contribution in [0.2, 0.25) is 0 Å². The molecule has 2 aromatic rings. The molecule has 2 N–H and O–H groups in total. The van der Waals surface area contributed by atoms with Gasteiger partial charge in [-0.2, -0.15) is 0 Å². The van der Waals surface area contributed by atoms with Crippen molar-refractivity contribution in [3.05, 3.63) is 54.4 Å². The number of aliphatic imine (C=N–C) groups is 1. The Bertz CT molecular complexity index is 666. The van der Waals surface area contributed by atoms with Gasteiger partial charge in [-0.05, 0) is 30.2 Å². The molecule has 0 bridgehead atoms. The summed E-state index contributed by atoms with van der Waals surface area (Å²) in [5, 5.41) is 7.12. The minimum atomic E-state index is 0.